The van der Waals surface area contributed by atoms with Gasteiger partial charge in [-0.25, -0.2) is 5.43 Å². The second-order valence-corrected chi connectivity index (χ2v) is 9.59. The number of hydrogen-bond donors (Lipinski definition) is 2. The number of amides is 2. The zero-order chi connectivity index (χ0) is 18.1. The molecule has 140 valence electrons. The Morgan fingerprint density at radius 2 is 1.81 bits per heavy atom. The zero-order valence-corrected chi connectivity index (χ0v) is 16.1. The summed E-state index contributed by atoms with van der Waals surface area (Å²) in [4.78, 5) is 25.4. The molecule has 0 unspecified atom stereocenters. The highest BCUT2D eigenvalue weighted by molar-refractivity contribution is 7.10. The average molecular weight is 374 g/mol. The van der Waals surface area contributed by atoms with Crippen LogP contribution in [0.5, 0.6) is 0 Å². The third-order valence-electron chi connectivity index (χ3n) is 6.15. The van der Waals surface area contributed by atoms with Gasteiger partial charge in [0, 0.05) is 16.1 Å². The summed E-state index contributed by atoms with van der Waals surface area (Å²) in [5.74, 6) is 2.34. The van der Waals surface area contributed by atoms with E-state index in [2.05, 4.69) is 15.8 Å². The van der Waals surface area contributed by atoms with Gasteiger partial charge in [-0.05, 0) is 74.6 Å². The molecule has 26 heavy (non-hydrogen) atoms. The Morgan fingerprint density at radius 3 is 2.38 bits per heavy atom. The topological polar surface area (TPSA) is 70.6 Å². The van der Waals surface area contributed by atoms with Crippen molar-refractivity contribution in [3.05, 3.63) is 22.4 Å². The van der Waals surface area contributed by atoms with E-state index in [4.69, 9.17) is 0 Å². The Balaban J connectivity index is 1.27. The normalized spacial score (nSPS) is 32.5. The highest BCUT2D eigenvalue weighted by Gasteiger charge is 2.51. The first-order chi connectivity index (χ1) is 12.5. The van der Waals surface area contributed by atoms with Crippen molar-refractivity contribution in [2.75, 3.05) is 0 Å². The van der Waals surface area contributed by atoms with Crippen LogP contribution in [-0.2, 0) is 16.0 Å². The molecule has 4 fully saturated rings. The van der Waals surface area contributed by atoms with Crippen LogP contribution in [0.3, 0.4) is 0 Å². The Kier molecular flexibility index (Phi) is 4.86. The fourth-order valence-corrected chi connectivity index (χ4v) is 6.35. The number of hydrazone groups is 1. The van der Waals surface area contributed by atoms with Gasteiger partial charge in [-0.3, -0.25) is 9.59 Å². The fourth-order valence-electron chi connectivity index (χ4n) is 5.64. The minimum Gasteiger partial charge on any atom is -0.350 e. The molecule has 0 saturated heterocycles. The molecule has 1 aromatic rings. The summed E-state index contributed by atoms with van der Waals surface area (Å²) in [5, 5.41) is 9.40. The molecule has 0 aliphatic heterocycles. The fraction of sp³-hybridized carbons (Fsp3) is 0.650. The molecule has 5 nitrogen and oxygen atoms in total. The van der Waals surface area contributed by atoms with Gasteiger partial charge in [0.25, 0.3) is 0 Å². The molecule has 0 atom stereocenters. The van der Waals surface area contributed by atoms with Crippen LogP contribution in [0.15, 0.2) is 22.6 Å². The second-order valence-electron chi connectivity index (χ2n) is 8.56. The molecule has 0 aromatic carbocycles. The lowest BCUT2D eigenvalue weighted by Gasteiger charge is -2.56. The van der Waals surface area contributed by atoms with Crippen LogP contribution < -0.4 is 10.7 Å². The number of carbonyl (C=O) groups is 2. The van der Waals surface area contributed by atoms with E-state index < -0.39 is 0 Å². The van der Waals surface area contributed by atoms with Crippen LogP contribution in [0.4, 0.5) is 0 Å². The maximum absolute atomic E-state index is 12.5. The van der Waals surface area contributed by atoms with Crippen molar-refractivity contribution in [3.63, 3.8) is 0 Å². The lowest BCUT2D eigenvalue weighted by molar-refractivity contribution is -0.125. The maximum atomic E-state index is 12.5. The summed E-state index contributed by atoms with van der Waals surface area (Å²) in [6, 6.07) is 3.86. The van der Waals surface area contributed by atoms with Gasteiger partial charge in [0.15, 0.2) is 0 Å². The van der Waals surface area contributed by atoms with E-state index in [0.29, 0.717) is 12.1 Å². The number of carbonyl (C=O) groups excluding carboxylic acids is 2. The smallest absolute Gasteiger partial charge is 0.245 e. The van der Waals surface area contributed by atoms with E-state index in [-0.39, 0.29) is 23.8 Å². The van der Waals surface area contributed by atoms with Crippen molar-refractivity contribution in [3.8, 4) is 0 Å². The molecule has 4 aliphatic carbocycles. The number of rotatable bonds is 6. The van der Waals surface area contributed by atoms with Gasteiger partial charge in [-0.1, -0.05) is 6.07 Å². The Hall–Kier alpha value is -1.69. The van der Waals surface area contributed by atoms with Gasteiger partial charge in [0.1, 0.15) is 0 Å². The monoisotopic (exact) mass is 373 g/mol. The van der Waals surface area contributed by atoms with Crippen molar-refractivity contribution in [1.29, 1.82) is 0 Å². The quantitative estimate of drug-likeness (QED) is 0.593. The molecule has 1 aromatic heterocycles. The SMILES string of the molecule is C/C(CC(=O)NC12CC3CC(CC(C3)C1)C2)=N\NC(=O)Cc1cccs1. The van der Waals surface area contributed by atoms with E-state index in [9.17, 15) is 9.59 Å². The zero-order valence-electron chi connectivity index (χ0n) is 15.3. The van der Waals surface area contributed by atoms with E-state index in [1.54, 1.807) is 18.3 Å². The first-order valence-corrected chi connectivity index (χ1v) is 10.5. The minimum atomic E-state index is -0.145. The summed E-state index contributed by atoms with van der Waals surface area (Å²) in [6.45, 7) is 1.80. The molecule has 4 bridgehead atoms. The van der Waals surface area contributed by atoms with Crippen LogP contribution in [0, 0.1) is 17.8 Å². The second kappa shape index (κ2) is 7.14. The van der Waals surface area contributed by atoms with Crippen molar-refractivity contribution >= 4 is 28.9 Å². The number of nitrogens with one attached hydrogen (secondary N) is 2. The third-order valence-corrected chi connectivity index (χ3v) is 7.02. The molecule has 5 rings (SSSR count). The van der Waals surface area contributed by atoms with Crippen LogP contribution in [0.1, 0.15) is 56.7 Å². The molecule has 6 heteroatoms. The molecule has 2 N–H and O–H groups in total. The molecule has 4 aliphatic rings. The molecule has 4 saturated carbocycles. The first kappa shape index (κ1) is 17.7. The van der Waals surface area contributed by atoms with Crippen LogP contribution in [-0.4, -0.2) is 23.1 Å². The van der Waals surface area contributed by atoms with Gasteiger partial charge in [-0.2, -0.15) is 5.10 Å². The lowest BCUT2D eigenvalue weighted by atomic mass is 9.53. The Labute approximate surface area is 158 Å². The summed E-state index contributed by atoms with van der Waals surface area (Å²) in [5.41, 5.74) is 3.24. The summed E-state index contributed by atoms with van der Waals surface area (Å²) in [7, 11) is 0. The van der Waals surface area contributed by atoms with Gasteiger partial charge in [0.2, 0.25) is 11.8 Å². The molecule has 1 heterocycles. The summed E-state index contributed by atoms with van der Waals surface area (Å²) < 4.78 is 0. The maximum Gasteiger partial charge on any atom is 0.245 e. The van der Waals surface area contributed by atoms with Gasteiger partial charge in [-0.15, -0.1) is 11.3 Å². The van der Waals surface area contributed by atoms with Gasteiger partial charge >= 0.3 is 0 Å². The Bertz CT molecular complexity index is 675. The highest BCUT2D eigenvalue weighted by Crippen LogP contribution is 2.55. The predicted molar refractivity (Wildman–Crippen MR) is 103 cm³/mol. The summed E-state index contributed by atoms with van der Waals surface area (Å²) in [6.07, 6.45) is 8.13. The minimum absolute atomic E-state index is 0.0362. The van der Waals surface area contributed by atoms with Crippen molar-refractivity contribution < 1.29 is 9.59 Å². The van der Waals surface area contributed by atoms with Crippen molar-refractivity contribution in [1.82, 2.24) is 10.7 Å². The van der Waals surface area contributed by atoms with Gasteiger partial charge in [0.05, 0.1) is 12.8 Å². The predicted octanol–water partition coefficient (Wildman–Crippen LogP) is 3.26. The molecule has 0 spiro atoms. The van der Waals surface area contributed by atoms with Crippen molar-refractivity contribution in [2.45, 2.75) is 63.8 Å². The largest absolute Gasteiger partial charge is 0.350 e. The number of nitrogens with zero attached hydrogens (tertiary/aromatic N) is 1. The number of thiophene rings is 1. The van der Waals surface area contributed by atoms with Crippen LogP contribution >= 0.6 is 11.3 Å². The molecular formula is C20H27N3O2S. The first-order valence-electron chi connectivity index (χ1n) is 9.65. The van der Waals surface area contributed by atoms with E-state index in [0.717, 1.165) is 41.9 Å². The summed E-state index contributed by atoms with van der Waals surface area (Å²) >= 11 is 1.55. The molecule has 0 radical (unpaired) electrons. The third kappa shape index (κ3) is 4.00. The van der Waals surface area contributed by atoms with Crippen LogP contribution in [0.25, 0.3) is 0 Å². The highest BCUT2D eigenvalue weighted by atomic mass is 32.1. The van der Waals surface area contributed by atoms with E-state index >= 15 is 0 Å². The molecule has 2 amide bonds. The van der Waals surface area contributed by atoms with E-state index in [1.807, 2.05) is 17.5 Å². The van der Waals surface area contributed by atoms with Crippen molar-refractivity contribution in [2.24, 2.45) is 22.9 Å². The van der Waals surface area contributed by atoms with Crippen LogP contribution in [0.2, 0.25) is 0 Å². The van der Waals surface area contributed by atoms with Gasteiger partial charge < -0.3 is 5.32 Å². The standard InChI is InChI=1S/C20H27N3O2S/c1-13(22-23-19(25)9-17-3-2-4-26-17)5-18(24)21-20-10-14-6-15(11-20)8-16(7-14)12-20/h2-4,14-16H,5-12H2,1H3,(H,21,24)(H,23,25)/b22-13+. The average Bonchev–Trinajstić information content (AvgIpc) is 3.03. The molecular weight excluding hydrogens is 346 g/mol. The number of hydrogen-bond acceptors (Lipinski definition) is 4. The Morgan fingerprint density at radius 1 is 1.15 bits per heavy atom. The van der Waals surface area contributed by atoms with E-state index in [1.165, 1.54) is 19.3 Å². The lowest BCUT2D eigenvalue weighted by Crippen LogP contribution is -2.60.